The Morgan fingerprint density at radius 2 is 1.66 bits per heavy atom. The van der Waals surface area contributed by atoms with E-state index >= 15 is 0 Å². The molecule has 216 valence electrons. The number of ether oxygens (including phenoxy) is 2. The fourth-order valence-electron chi connectivity index (χ4n) is 4.97. The second-order valence-electron chi connectivity index (χ2n) is 10.0. The maximum Gasteiger partial charge on any atom is 0.322 e. The molecule has 11 heteroatoms. The van der Waals surface area contributed by atoms with Gasteiger partial charge in [-0.3, -0.25) is 4.57 Å². The Labute approximate surface area is 241 Å². The Hall–Kier alpha value is -3.93. The van der Waals surface area contributed by atoms with Crippen LogP contribution in [0.1, 0.15) is 25.7 Å². The fourth-order valence-corrected chi connectivity index (χ4v) is 6.40. The summed E-state index contributed by atoms with van der Waals surface area (Å²) in [5, 5.41) is 8.58. The third-order valence-electron chi connectivity index (χ3n) is 7.25. The number of sulfonamides is 1. The number of hydrogen-bond donors (Lipinski definition) is 1. The van der Waals surface area contributed by atoms with Crippen LogP contribution < -0.4 is 19.1 Å². The van der Waals surface area contributed by atoms with Crippen molar-refractivity contribution < 1.29 is 17.9 Å². The van der Waals surface area contributed by atoms with Gasteiger partial charge in [0.15, 0.2) is 5.82 Å². The minimum Gasteiger partial charge on any atom is -0.497 e. The number of hydrogen-bond acceptors (Lipinski definition) is 8. The monoisotopic (exact) mass is 576 g/mol. The Morgan fingerprint density at radius 1 is 0.927 bits per heavy atom. The number of rotatable bonds is 10. The molecule has 2 heterocycles. The average molecular weight is 577 g/mol. The summed E-state index contributed by atoms with van der Waals surface area (Å²) < 4.78 is 43.2. The van der Waals surface area contributed by atoms with E-state index < -0.39 is 16.1 Å². The van der Waals surface area contributed by atoms with Crippen molar-refractivity contribution in [1.29, 1.82) is 0 Å². The van der Waals surface area contributed by atoms with E-state index in [1.54, 1.807) is 48.9 Å². The summed E-state index contributed by atoms with van der Waals surface area (Å²) in [6.45, 7) is 8.13. The van der Waals surface area contributed by atoms with Gasteiger partial charge in [-0.15, -0.1) is 5.10 Å². The van der Waals surface area contributed by atoms with Crippen molar-refractivity contribution in [1.82, 2.24) is 24.4 Å². The van der Waals surface area contributed by atoms with E-state index in [0.29, 0.717) is 35.4 Å². The molecular formula is C30H36N6O4S. The van der Waals surface area contributed by atoms with Crippen molar-refractivity contribution in [3.8, 4) is 28.6 Å². The summed E-state index contributed by atoms with van der Waals surface area (Å²) in [6, 6.07) is 21.8. The van der Waals surface area contributed by atoms with Gasteiger partial charge in [-0.05, 0) is 56.8 Å². The van der Waals surface area contributed by atoms with Gasteiger partial charge < -0.3 is 19.3 Å². The molecule has 1 saturated heterocycles. The Kier molecular flexibility index (Phi) is 8.57. The molecule has 1 fully saturated rings. The lowest BCUT2D eigenvalue weighted by Crippen LogP contribution is -2.44. The van der Waals surface area contributed by atoms with Crippen LogP contribution >= 0.6 is 0 Å². The maximum atomic E-state index is 13.6. The lowest BCUT2D eigenvalue weighted by Gasteiger charge is -2.34. The van der Waals surface area contributed by atoms with Gasteiger partial charge in [0.1, 0.15) is 11.5 Å². The van der Waals surface area contributed by atoms with Gasteiger partial charge in [-0.1, -0.05) is 41.5 Å². The van der Waals surface area contributed by atoms with Gasteiger partial charge in [-0.25, -0.2) is 13.1 Å². The van der Waals surface area contributed by atoms with E-state index in [-0.39, 0.29) is 4.90 Å². The van der Waals surface area contributed by atoms with E-state index in [2.05, 4.69) is 37.8 Å². The highest BCUT2D eigenvalue weighted by Crippen LogP contribution is 2.31. The van der Waals surface area contributed by atoms with Crippen molar-refractivity contribution in [3.05, 3.63) is 78.6 Å². The summed E-state index contributed by atoms with van der Waals surface area (Å²) in [5.74, 6) is 1.81. The van der Waals surface area contributed by atoms with E-state index in [0.717, 1.165) is 37.4 Å². The zero-order valence-corrected chi connectivity index (χ0v) is 24.6. The number of piperazine rings is 1. The van der Waals surface area contributed by atoms with Gasteiger partial charge in [0.2, 0.25) is 10.0 Å². The van der Waals surface area contributed by atoms with Crippen LogP contribution in [-0.2, 0) is 16.6 Å². The average Bonchev–Trinajstić information content (AvgIpc) is 3.40. The van der Waals surface area contributed by atoms with Crippen LogP contribution in [0, 0.1) is 0 Å². The minimum atomic E-state index is -3.91. The predicted octanol–water partition coefficient (Wildman–Crippen LogP) is 4.56. The van der Waals surface area contributed by atoms with E-state index in [9.17, 15) is 8.42 Å². The number of aromatic nitrogens is 3. The van der Waals surface area contributed by atoms with Crippen molar-refractivity contribution in [2.75, 3.05) is 45.2 Å². The number of methoxy groups -OCH3 is 1. The van der Waals surface area contributed by atoms with E-state index in [1.165, 1.54) is 0 Å². The number of likely N-dealkylation sites (N-methyl/N-ethyl adjacent to an activating group) is 1. The molecule has 1 N–H and O–H groups in total. The van der Waals surface area contributed by atoms with Crippen LogP contribution in [0.2, 0.25) is 0 Å². The lowest BCUT2D eigenvalue weighted by atomic mass is 10.1. The summed E-state index contributed by atoms with van der Waals surface area (Å²) in [4.78, 5) is 4.83. The number of benzene rings is 3. The van der Waals surface area contributed by atoms with Crippen molar-refractivity contribution in [2.45, 2.75) is 31.3 Å². The summed E-state index contributed by atoms with van der Waals surface area (Å²) in [5.41, 5.74) is 2.46. The molecule has 3 aromatic carbocycles. The maximum absolute atomic E-state index is 13.6. The highest BCUT2D eigenvalue weighted by molar-refractivity contribution is 7.89. The van der Waals surface area contributed by atoms with E-state index in [1.807, 2.05) is 43.3 Å². The summed E-state index contributed by atoms with van der Waals surface area (Å²) in [7, 11) is -0.186. The van der Waals surface area contributed by atoms with Crippen molar-refractivity contribution >= 4 is 15.7 Å². The number of nitrogens with one attached hydrogen (secondary N) is 1. The smallest absolute Gasteiger partial charge is 0.322 e. The molecule has 0 amide bonds. The van der Waals surface area contributed by atoms with Crippen LogP contribution in [-0.4, -0.2) is 68.4 Å². The third kappa shape index (κ3) is 6.37. The first-order valence-electron chi connectivity index (χ1n) is 13.7. The first kappa shape index (κ1) is 28.6. The largest absolute Gasteiger partial charge is 0.497 e. The van der Waals surface area contributed by atoms with Crippen LogP contribution in [0.3, 0.4) is 0 Å². The molecule has 4 aromatic rings. The number of anilines is 1. The van der Waals surface area contributed by atoms with Gasteiger partial charge in [0, 0.05) is 50.0 Å². The first-order chi connectivity index (χ1) is 19.8. The Balaban J connectivity index is 1.35. The third-order valence-corrected chi connectivity index (χ3v) is 8.85. The lowest BCUT2D eigenvalue weighted by molar-refractivity contribution is 0.312. The zero-order chi connectivity index (χ0) is 29.0. The molecule has 1 atom stereocenters. The zero-order valence-electron chi connectivity index (χ0n) is 23.8. The Bertz CT molecular complexity index is 1580. The van der Waals surface area contributed by atoms with E-state index in [4.69, 9.17) is 9.47 Å². The van der Waals surface area contributed by atoms with Crippen molar-refractivity contribution in [3.63, 3.8) is 0 Å². The molecule has 0 aliphatic carbocycles. The molecule has 10 nitrogen and oxygen atoms in total. The standard InChI is InChI=1S/C30H36N6O4S/c1-5-36-29(31-32-30(36)40-26-10-8-9-24(21-26)35-19-17-34(3)18-20-35)22(2)33-41(37,38)28-12-7-6-11-27(28)23-13-15-25(39-4)16-14-23/h6-16,21-22,33H,5,17-20H2,1-4H3/t22-/m1/s1. The molecular weight excluding hydrogens is 540 g/mol. The fraction of sp³-hybridized carbons (Fsp3) is 0.333. The van der Waals surface area contributed by atoms with Gasteiger partial charge in [-0.2, -0.15) is 0 Å². The first-order valence-corrected chi connectivity index (χ1v) is 15.2. The van der Waals surface area contributed by atoms with Crippen molar-refractivity contribution in [2.24, 2.45) is 0 Å². The van der Waals surface area contributed by atoms with Gasteiger partial charge >= 0.3 is 6.01 Å². The molecule has 0 spiro atoms. The van der Waals surface area contributed by atoms with Gasteiger partial charge in [0.05, 0.1) is 18.0 Å². The van der Waals surface area contributed by atoms with Crippen LogP contribution in [0.4, 0.5) is 5.69 Å². The highest BCUT2D eigenvalue weighted by atomic mass is 32.2. The van der Waals surface area contributed by atoms with Crippen LogP contribution in [0.5, 0.6) is 17.5 Å². The minimum absolute atomic E-state index is 0.178. The summed E-state index contributed by atoms with van der Waals surface area (Å²) >= 11 is 0. The molecule has 0 saturated carbocycles. The summed E-state index contributed by atoms with van der Waals surface area (Å²) in [6.07, 6.45) is 0. The number of nitrogens with zero attached hydrogens (tertiary/aromatic N) is 5. The quantitative estimate of drug-likeness (QED) is 0.293. The normalized spacial score (nSPS) is 15.1. The van der Waals surface area contributed by atoms with Crippen LogP contribution in [0.25, 0.3) is 11.1 Å². The second kappa shape index (κ2) is 12.3. The van der Waals surface area contributed by atoms with Gasteiger partial charge in [0.25, 0.3) is 0 Å². The molecule has 0 bridgehead atoms. The molecule has 0 unspecified atom stereocenters. The Morgan fingerprint density at radius 3 is 2.37 bits per heavy atom. The molecule has 1 aromatic heterocycles. The predicted molar refractivity (Wildman–Crippen MR) is 159 cm³/mol. The highest BCUT2D eigenvalue weighted by Gasteiger charge is 2.26. The molecule has 1 aliphatic rings. The SMILES string of the molecule is CCn1c(Oc2cccc(N3CCN(C)CC3)c2)nnc1[C@@H](C)NS(=O)(=O)c1ccccc1-c1ccc(OC)cc1. The topological polar surface area (TPSA) is 102 Å². The molecule has 41 heavy (non-hydrogen) atoms. The molecule has 5 rings (SSSR count). The molecule has 1 aliphatic heterocycles. The van der Waals surface area contributed by atoms with Crippen LogP contribution in [0.15, 0.2) is 77.7 Å². The molecule has 0 radical (unpaired) electrons. The second-order valence-corrected chi connectivity index (χ2v) is 11.7.